The topological polar surface area (TPSA) is 29.1 Å². The first-order valence-electron chi connectivity index (χ1n) is 3.60. The van der Waals surface area contributed by atoms with Crippen LogP contribution in [0.4, 0.5) is 0 Å². The van der Waals surface area contributed by atoms with Crippen molar-refractivity contribution in [2.45, 2.75) is 26.8 Å². The van der Waals surface area contributed by atoms with Gasteiger partial charge in [-0.3, -0.25) is 4.79 Å². The van der Waals surface area contributed by atoms with Gasteiger partial charge in [-0.05, 0) is 18.4 Å². The fourth-order valence-corrected chi connectivity index (χ4v) is 1.30. The van der Waals surface area contributed by atoms with E-state index in [1.807, 2.05) is 6.92 Å². The van der Waals surface area contributed by atoms with Crippen LogP contribution < -0.4 is 5.32 Å². The van der Waals surface area contributed by atoms with Crippen molar-refractivity contribution in [3.63, 3.8) is 0 Å². The lowest BCUT2D eigenvalue weighted by Crippen LogP contribution is -2.32. The van der Waals surface area contributed by atoms with Gasteiger partial charge in [-0.25, -0.2) is 0 Å². The minimum absolute atomic E-state index is 0.0520. The van der Waals surface area contributed by atoms with E-state index in [2.05, 4.69) is 19.2 Å². The van der Waals surface area contributed by atoms with Gasteiger partial charge in [0.1, 0.15) is 0 Å². The number of hydrogen-bond acceptors (Lipinski definition) is 1. The van der Waals surface area contributed by atoms with Crippen LogP contribution in [-0.4, -0.2) is 11.9 Å². The summed E-state index contributed by atoms with van der Waals surface area (Å²) in [7, 11) is 0. The van der Waals surface area contributed by atoms with Crippen LogP contribution in [0.2, 0.25) is 0 Å². The van der Waals surface area contributed by atoms with Gasteiger partial charge in [0.2, 0.25) is 5.91 Å². The molecule has 1 rings (SSSR count). The fourth-order valence-electron chi connectivity index (χ4n) is 1.30. The number of nitrogens with one attached hydrogen (secondary N) is 1. The maximum atomic E-state index is 10.8. The van der Waals surface area contributed by atoms with E-state index in [1.165, 1.54) is 0 Å². The second-order valence-corrected chi connectivity index (χ2v) is 3.12. The summed E-state index contributed by atoms with van der Waals surface area (Å²) >= 11 is 0. The Kier molecular flexibility index (Phi) is 1.79. The number of carbonyl (C=O) groups excluding carboxylic acids is 1. The van der Waals surface area contributed by atoms with Crippen LogP contribution in [0.1, 0.15) is 20.8 Å². The molecule has 0 bridgehead atoms. The second kappa shape index (κ2) is 2.45. The molecule has 10 heavy (non-hydrogen) atoms. The Hall–Kier alpha value is -0.790. The van der Waals surface area contributed by atoms with Crippen LogP contribution in [0.15, 0.2) is 11.6 Å². The molecule has 1 aliphatic heterocycles. The molecule has 1 unspecified atom stereocenters. The summed E-state index contributed by atoms with van der Waals surface area (Å²) in [6, 6.07) is 0.271. The Morgan fingerprint density at radius 1 is 1.60 bits per heavy atom. The van der Waals surface area contributed by atoms with Gasteiger partial charge in [0.15, 0.2) is 0 Å². The monoisotopic (exact) mass is 139 g/mol. The molecule has 1 heterocycles. The van der Waals surface area contributed by atoms with E-state index in [0.717, 1.165) is 5.57 Å². The summed E-state index contributed by atoms with van der Waals surface area (Å²) in [5.41, 5.74) is 1.15. The molecule has 56 valence electrons. The lowest BCUT2D eigenvalue weighted by molar-refractivity contribution is -0.116. The molecule has 2 nitrogen and oxygen atoms in total. The van der Waals surface area contributed by atoms with E-state index in [1.54, 1.807) is 6.08 Å². The molecule has 2 heteroatoms. The van der Waals surface area contributed by atoms with Gasteiger partial charge >= 0.3 is 0 Å². The van der Waals surface area contributed by atoms with Crippen molar-refractivity contribution in [3.05, 3.63) is 11.6 Å². The van der Waals surface area contributed by atoms with Gasteiger partial charge in [0.05, 0.1) is 6.04 Å². The third-order valence-corrected chi connectivity index (χ3v) is 1.81. The van der Waals surface area contributed by atoms with Gasteiger partial charge in [-0.1, -0.05) is 13.8 Å². The first kappa shape index (κ1) is 7.32. The standard InChI is InChI=1S/C8H13NO/c1-5(2)8-6(3)4-7(10)9-8/h4-5,8H,1-3H3,(H,9,10). The molecule has 0 radical (unpaired) electrons. The molecule has 0 fully saturated rings. The molecule has 0 saturated heterocycles. The fraction of sp³-hybridized carbons (Fsp3) is 0.625. The van der Waals surface area contributed by atoms with E-state index in [9.17, 15) is 4.79 Å². The summed E-state index contributed by atoms with van der Waals surface area (Å²) in [5.74, 6) is 0.555. The highest BCUT2D eigenvalue weighted by Gasteiger charge is 2.22. The van der Waals surface area contributed by atoms with Crippen LogP contribution in [0.3, 0.4) is 0 Å². The molecule has 0 aromatic rings. The highest BCUT2D eigenvalue weighted by molar-refractivity contribution is 5.91. The number of rotatable bonds is 1. The van der Waals surface area contributed by atoms with Crippen molar-refractivity contribution in [1.82, 2.24) is 5.32 Å². The summed E-state index contributed by atoms with van der Waals surface area (Å²) < 4.78 is 0. The van der Waals surface area contributed by atoms with Crippen molar-refractivity contribution in [2.24, 2.45) is 5.92 Å². The Balaban J connectivity index is 2.68. The average molecular weight is 139 g/mol. The largest absolute Gasteiger partial charge is 0.346 e. The Labute approximate surface area is 61.3 Å². The van der Waals surface area contributed by atoms with E-state index in [4.69, 9.17) is 0 Å². The van der Waals surface area contributed by atoms with Crippen molar-refractivity contribution < 1.29 is 4.79 Å². The smallest absolute Gasteiger partial charge is 0.244 e. The Morgan fingerprint density at radius 2 is 2.20 bits per heavy atom. The normalized spacial score (nSPS) is 25.0. The average Bonchev–Trinajstić information content (AvgIpc) is 2.10. The van der Waals surface area contributed by atoms with Gasteiger partial charge < -0.3 is 5.32 Å². The van der Waals surface area contributed by atoms with Gasteiger partial charge in [-0.2, -0.15) is 0 Å². The molecule has 0 spiro atoms. The van der Waals surface area contributed by atoms with Crippen molar-refractivity contribution in [3.8, 4) is 0 Å². The van der Waals surface area contributed by atoms with E-state index in [-0.39, 0.29) is 11.9 Å². The third-order valence-electron chi connectivity index (χ3n) is 1.81. The van der Waals surface area contributed by atoms with Crippen LogP contribution in [0.5, 0.6) is 0 Å². The van der Waals surface area contributed by atoms with Gasteiger partial charge in [0.25, 0.3) is 0 Å². The second-order valence-electron chi connectivity index (χ2n) is 3.12. The zero-order valence-electron chi connectivity index (χ0n) is 6.64. The zero-order chi connectivity index (χ0) is 7.72. The predicted octanol–water partition coefficient (Wildman–Crippen LogP) is 1.09. The van der Waals surface area contributed by atoms with Crippen LogP contribution in [0, 0.1) is 5.92 Å². The highest BCUT2D eigenvalue weighted by atomic mass is 16.1. The van der Waals surface area contributed by atoms with Gasteiger partial charge in [0, 0.05) is 6.08 Å². The third kappa shape index (κ3) is 1.20. The Bertz CT molecular complexity index is 182. The molecule has 0 aliphatic carbocycles. The van der Waals surface area contributed by atoms with Crippen molar-refractivity contribution >= 4 is 5.91 Å². The maximum Gasteiger partial charge on any atom is 0.244 e. The van der Waals surface area contributed by atoms with Crippen LogP contribution >= 0.6 is 0 Å². The molecular weight excluding hydrogens is 126 g/mol. The molecule has 1 amide bonds. The van der Waals surface area contributed by atoms with Crippen molar-refractivity contribution in [2.75, 3.05) is 0 Å². The molecule has 1 aliphatic rings. The number of amides is 1. The molecule has 1 N–H and O–H groups in total. The SMILES string of the molecule is CC1=CC(=O)NC1C(C)C. The highest BCUT2D eigenvalue weighted by Crippen LogP contribution is 2.15. The molecule has 0 aromatic carbocycles. The minimum Gasteiger partial charge on any atom is -0.346 e. The quantitative estimate of drug-likeness (QED) is 0.578. The van der Waals surface area contributed by atoms with Crippen LogP contribution in [0.25, 0.3) is 0 Å². The number of hydrogen-bond donors (Lipinski definition) is 1. The Morgan fingerprint density at radius 3 is 2.40 bits per heavy atom. The first-order chi connectivity index (χ1) is 4.61. The minimum atomic E-state index is 0.0520. The van der Waals surface area contributed by atoms with E-state index in [0.29, 0.717) is 5.92 Å². The van der Waals surface area contributed by atoms with Gasteiger partial charge in [-0.15, -0.1) is 0 Å². The molecule has 0 saturated carbocycles. The number of carbonyl (C=O) groups is 1. The van der Waals surface area contributed by atoms with Crippen molar-refractivity contribution in [1.29, 1.82) is 0 Å². The zero-order valence-corrected chi connectivity index (χ0v) is 6.64. The first-order valence-corrected chi connectivity index (χ1v) is 3.60. The predicted molar refractivity (Wildman–Crippen MR) is 40.5 cm³/mol. The van der Waals surface area contributed by atoms with Crippen LogP contribution in [-0.2, 0) is 4.79 Å². The lowest BCUT2D eigenvalue weighted by atomic mass is 10.00. The molecule has 0 aromatic heterocycles. The molecule has 1 atom stereocenters. The summed E-state index contributed by atoms with van der Waals surface area (Å²) in [6.07, 6.45) is 1.67. The van der Waals surface area contributed by atoms with E-state index < -0.39 is 0 Å². The summed E-state index contributed by atoms with van der Waals surface area (Å²) in [6.45, 7) is 6.20. The maximum absolute atomic E-state index is 10.8. The summed E-state index contributed by atoms with van der Waals surface area (Å²) in [4.78, 5) is 10.8. The molecular formula is C8H13NO. The summed E-state index contributed by atoms with van der Waals surface area (Å²) in [5, 5.41) is 2.87. The van der Waals surface area contributed by atoms with E-state index >= 15 is 0 Å². The lowest BCUT2D eigenvalue weighted by Gasteiger charge is -2.16.